The molecule has 1 fully saturated rings. The molecule has 1 saturated carbocycles. The maximum absolute atomic E-state index is 12.1. The third-order valence-corrected chi connectivity index (χ3v) is 3.79. The van der Waals surface area contributed by atoms with Crippen LogP contribution in [0.5, 0.6) is 0 Å². The summed E-state index contributed by atoms with van der Waals surface area (Å²) >= 11 is 0. The highest BCUT2D eigenvalue weighted by molar-refractivity contribution is 5.88. The molecule has 4 unspecified atom stereocenters. The molecule has 0 aromatic carbocycles. The predicted molar refractivity (Wildman–Crippen MR) is 57.8 cm³/mol. The van der Waals surface area contributed by atoms with Crippen LogP contribution < -0.4 is 0 Å². The Morgan fingerprint density at radius 2 is 1.86 bits per heavy atom. The Balaban J connectivity index is 2.29. The lowest BCUT2D eigenvalue weighted by molar-refractivity contribution is -0.123. The SMILES string of the molecule is CCC1C(=O)C2C=CC=CC2C1CC. The van der Waals surface area contributed by atoms with E-state index in [1.807, 2.05) is 6.08 Å². The van der Waals surface area contributed by atoms with Crippen molar-refractivity contribution in [3.05, 3.63) is 24.3 Å². The van der Waals surface area contributed by atoms with Crippen LogP contribution in [0.3, 0.4) is 0 Å². The van der Waals surface area contributed by atoms with E-state index in [2.05, 4.69) is 32.1 Å². The predicted octanol–water partition coefficient (Wildman–Crippen LogP) is 2.98. The molecule has 0 bridgehead atoms. The Labute approximate surface area is 85.9 Å². The molecule has 14 heavy (non-hydrogen) atoms. The highest BCUT2D eigenvalue weighted by Crippen LogP contribution is 2.44. The Kier molecular flexibility index (Phi) is 2.58. The van der Waals surface area contributed by atoms with Gasteiger partial charge in [0.05, 0.1) is 0 Å². The first-order chi connectivity index (χ1) is 6.79. The summed E-state index contributed by atoms with van der Waals surface area (Å²) in [6.45, 7) is 4.34. The quantitative estimate of drug-likeness (QED) is 0.654. The van der Waals surface area contributed by atoms with Gasteiger partial charge in [-0.2, -0.15) is 0 Å². The number of hydrogen-bond acceptors (Lipinski definition) is 1. The first-order valence-corrected chi connectivity index (χ1v) is 5.68. The topological polar surface area (TPSA) is 17.1 Å². The third-order valence-electron chi connectivity index (χ3n) is 3.79. The average molecular weight is 190 g/mol. The second-order valence-corrected chi connectivity index (χ2v) is 4.36. The molecule has 0 aromatic heterocycles. The van der Waals surface area contributed by atoms with Gasteiger partial charge in [0.1, 0.15) is 5.78 Å². The van der Waals surface area contributed by atoms with E-state index in [0.29, 0.717) is 23.5 Å². The summed E-state index contributed by atoms with van der Waals surface area (Å²) in [4.78, 5) is 12.1. The molecule has 0 aromatic rings. The normalized spacial score (nSPS) is 40.3. The number of fused-ring (bicyclic) bond motifs is 1. The Hall–Kier alpha value is -0.850. The van der Waals surface area contributed by atoms with Crippen LogP contribution in [0.15, 0.2) is 24.3 Å². The molecule has 2 rings (SSSR count). The van der Waals surface area contributed by atoms with Crippen molar-refractivity contribution in [2.45, 2.75) is 26.7 Å². The molecular weight excluding hydrogens is 172 g/mol. The second kappa shape index (κ2) is 3.72. The van der Waals surface area contributed by atoms with Crippen LogP contribution >= 0.6 is 0 Å². The van der Waals surface area contributed by atoms with E-state index in [4.69, 9.17) is 0 Å². The van der Waals surface area contributed by atoms with E-state index in [9.17, 15) is 4.79 Å². The molecule has 0 radical (unpaired) electrons. The second-order valence-electron chi connectivity index (χ2n) is 4.36. The first-order valence-electron chi connectivity index (χ1n) is 5.68. The van der Waals surface area contributed by atoms with E-state index in [0.717, 1.165) is 12.8 Å². The van der Waals surface area contributed by atoms with Crippen LogP contribution in [-0.2, 0) is 4.79 Å². The van der Waals surface area contributed by atoms with E-state index in [1.54, 1.807) is 0 Å². The number of hydrogen-bond donors (Lipinski definition) is 0. The van der Waals surface area contributed by atoms with Crippen molar-refractivity contribution < 1.29 is 4.79 Å². The van der Waals surface area contributed by atoms with E-state index in [1.165, 1.54) is 0 Å². The zero-order valence-electron chi connectivity index (χ0n) is 8.94. The van der Waals surface area contributed by atoms with Crippen molar-refractivity contribution in [3.63, 3.8) is 0 Å². The molecule has 0 saturated heterocycles. The summed E-state index contributed by atoms with van der Waals surface area (Å²) in [5.41, 5.74) is 0. The first kappa shape index (κ1) is 9.70. The highest BCUT2D eigenvalue weighted by Gasteiger charge is 2.45. The smallest absolute Gasteiger partial charge is 0.143 e. The Morgan fingerprint density at radius 3 is 2.50 bits per heavy atom. The lowest BCUT2D eigenvalue weighted by Crippen LogP contribution is -2.15. The summed E-state index contributed by atoms with van der Waals surface area (Å²) in [7, 11) is 0. The molecule has 0 N–H and O–H groups in total. The minimum Gasteiger partial charge on any atom is -0.299 e. The fourth-order valence-corrected chi connectivity index (χ4v) is 3.10. The molecule has 0 heterocycles. The molecule has 76 valence electrons. The third kappa shape index (κ3) is 1.26. The zero-order valence-corrected chi connectivity index (χ0v) is 8.94. The van der Waals surface area contributed by atoms with Crippen molar-refractivity contribution in [3.8, 4) is 0 Å². The maximum Gasteiger partial charge on any atom is 0.143 e. The van der Waals surface area contributed by atoms with Crippen LogP contribution in [0.1, 0.15) is 26.7 Å². The van der Waals surface area contributed by atoms with Gasteiger partial charge in [0, 0.05) is 11.8 Å². The zero-order chi connectivity index (χ0) is 10.1. The van der Waals surface area contributed by atoms with Gasteiger partial charge >= 0.3 is 0 Å². The van der Waals surface area contributed by atoms with Crippen molar-refractivity contribution in [2.75, 3.05) is 0 Å². The molecular formula is C13H18O. The monoisotopic (exact) mass is 190 g/mol. The van der Waals surface area contributed by atoms with Crippen molar-refractivity contribution in [1.82, 2.24) is 0 Å². The van der Waals surface area contributed by atoms with Gasteiger partial charge in [0.15, 0.2) is 0 Å². The van der Waals surface area contributed by atoms with E-state index >= 15 is 0 Å². The summed E-state index contributed by atoms with van der Waals surface area (Å²) in [6.07, 6.45) is 10.6. The molecule has 0 spiro atoms. The van der Waals surface area contributed by atoms with Crippen LogP contribution in [0.25, 0.3) is 0 Å². The molecule has 1 heteroatoms. The summed E-state index contributed by atoms with van der Waals surface area (Å²) < 4.78 is 0. The minimum atomic E-state index is 0.190. The number of ketones is 1. The fourth-order valence-electron chi connectivity index (χ4n) is 3.10. The molecule has 1 nitrogen and oxygen atoms in total. The molecule has 4 atom stereocenters. The van der Waals surface area contributed by atoms with E-state index in [-0.39, 0.29) is 5.92 Å². The summed E-state index contributed by atoms with van der Waals surface area (Å²) in [5.74, 6) is 2.04. The van der Waals surface area contributed by atoms with Gasteiger partial charge in [-0.1, -0.05) is 44.6 Å². The molecule has 0 aliphatic heterocycles. The molecule has 0 amide bonds. The number of rotatable bonds is 2. The average Bonchev–Trinajstić information content (AvgIpc) is 2.51. The lowest BCUT2D eigenvalue weighted by atomic mass is 9.82. The van der Waals surface area contributed by atoms with Gasteiger partial charge in [-0.15, -0.1) is 0 Å². The van der Waals surface area contributed by atoms with Crippen molar-refractivity contribution >= 4 is 5.78 Å². The van der Waals surface area contributed by atoms with Gasteiger partial charge in [-0.05, 0) is 18.3 Å². The molecule has 2 aliphatic carbocycles. The van der Waals surface area contributed by atoms with Gasteiger partial charge in [-0.3, -0.25) is 4.79 Å². The maximum atomic E-state index is 12.1. The van der Waals surface area contributed by atoms with Crippen LogP contribution in [0, 0.1) is 23.7 Å². The Bertz CT molecular complexity index is 288. The molecule has 2 aliphatic rings. The van der Waals surface area contributed by atoms with Crippen molar-refractivity contribution in [2.24, 2.45) is 23.7 Å². The van der Waals surface area contributed by atoms with Crippen LogP contribution in [-0.4, -0.2) is 5.78 Å². The van der Waals surface area contributed by atoms with Gasteiger partial charge in [0.2, 0.25) is 0 Å². The Morgan fingerprint density at radius 1 is 1.14 bits per heavy atom. The highest BCUT2D eigenvalue weighted by atomic mass is 16.1. The van der Waals surface area contributed by atoms with Crippen molar-refractivity contribution in [1.29, 1.82) is 0 Å². The van der Waals surface area contributed by atoms with Gasteiger partial charge in [0.25, 0.3) is 0 Å². The van der Waals surface area contributed by atoms with Gasteiger partial charge < -0.3 is 0 Å². The standard InChI is InChI=1S/C13H18O/c1-3-9-10(4-2)13(14)12-8-6-5-7-11(9)12/h5-12H,3-4H2,1-2H3. The number of carbonyl (C=O) groups excluding carboxylic acids is 1. The number of carbonyl (C=O) groups is 1. The summed E-state index contributed by atoms with van der Waals surface area (Å²) in [6, 6.07) is 0. The largest absolute Gasteiger partial charge is 0.299 e. The lowest BCUT2D eigenvalue weighted by Gasteiger charge is -2.21. The summed E-state index contributed by atoms with van der Waals surface area (Å²) in [5, 5.41) is 0. The van der Waals surface area contributed by atoms with Crippen LogP contribution in [0.2, 0.25) is 0 Å². The van der Waals surface area contributed by atoms with Crippen LogP contribution in [0.4, 0.5) is 0 Å². The van der Waals surface area contributed by atoms with E-state index < -0.39 is 0 Å². The number of allylic oxidation sites excluding steroid dienone is 4. The van der Waals surface area contributed by atoms with Gasteiger partial charge in [-0.25, -0.2) is 0 Å². The fraction of sp³-hybridized carbons (Fsp3) is 0.615. The number of Topliss-reactive ketones (excluding diaryl/α,β-unsaturated/α-hetero) is 1. The minimum absolute atomic E-state index is 0.190.